The average molecular weight is 515 g/mol. The molecular weight excluding hydrogens is 483 g/mol. The fourth-order valence-corrected chi connectivity index (χ4v) is 4.68. The lowest BCUT2D eigenvalue weighted by Crippen LogP contribution is -2.40. The van der Waals surface area contributed by atoms with Crippen LogP contribution in [-0.4, -0.2) is 35.0 Å². The fourth-order valence-electron chi connectivity index (χ4n) is 4.68. The molecule has 7 heteroatoms. The van der Waals surface area contributed by atoms with E-state index >= 15 is 0 Å². The first-order valence-corrected chi connectivity index (χ1v) is 12.9. The van der Waals surface area contributed by atoms with E-state index in [1.54, 1.807) is 13.0 Å². The highest BCUT2D eigenvalue weighted by Crippen LogP contribution is 2.33. The fraction of sp³-hybridized carbons (Fsp3) is 0.290. The van der Waals surface area contributed by atoms with Crippen LogP contribution in [0.2, 0.25) is 0 Å². The molecule has 5 rings (SSSR count). The number of fused-ring (bicyclic) bond motifs is 1. The summed E-state index contributed by atoms with van der Waals surface area (Å²) in [4.78, 5) is 18.2. The van der Waals surface area contributed by atoms with Crippen LogP contribution in [-0.2, 0) is 18.0 Å². The van der Waals surface area contributed by atoms with E-state index in [-0.39, 0.29) is 24.4 Å². The van der Waals surface area contributed by atoms with E-state index in [0.29, 0.717) is 42.1 Å². The quantitative estimate of drug-likeness (QED) is 0.279. The Morgan fingerprint density at radius 3 is 2.47 bits per heavy atom. The highest BCUT2D eigenvalue weighted by Gasteiger charge is 2.22. The van der Waals surface area contributed by atoms with Gasteiger partial charge in [-0.25, -0.2) is 9.37 Å². The van der Waals surface area contributed by atoms with Gasteiger partial charge >= 0.3 is 0 Å². The maximum Gasteiger partial charge on any atom is 0.219 e. The maximum absolute atomic E-state index is 14.1. The predicted molar refractivity (Wildman–Crippen MR) is 144 cm³/mol. The Balaban J connectivity index is 1.30. The van der Waals surface area contributed by atoms with E-state index < -0.39 is 0 Å². The van der Waals surface area contributed by atoms with Gasteiger partial charge in [-0.15, -0.1) is 0 Å². The van der Waals surface area contributed by atoms with Gasteiger partial charge < -0.3 is 19.1 Å². The Kier molecular flexibility index (Phi) is 7.73. The second kappa shape index (κ2) is 11.5. The Morgan fingerprint density at radius 2 is 1.71 bits per heavy atom. The first kappa shape index (κ1) is 25.5. The minimum absolute atomic E-state index is 0.0648. The van der Waals surface area contributed by atoms with Crippen LogP contribution >= 0.6 is 0 Å². The molecule has 1 fully saturated rings. The van der Waals surface area contributed by atoms with Crippen molar-refractivity contribution in [1.82, 2.24) is 9.88 Å². The number of halogens is 1. The summed E-state index contributed by atoms with van der Waals surface area (Å²) in [6.07, 6.45) is 1.67. The van der Waals surface area contributed by atoms with Crippen LogP contribution < -0.4 is 14.2 Å². The smallest absolute Gasteiger partial charge is 0.219 e. The highest BCUT2D eigenvalue weighted by molar-refractivity contribution is 5.86. The zero-order valence-corrected chi connectivity index (χ0v) is 21.7. The lowest BCUT2D eigenvalue weighted by atomic mass is 10.1. The number of hydrogen-bond acceptors (Lipinski definition) is 5. The lowest BCUT2D eigenvalue weighted by molar-refractivity contribution is -0.130. The molecule has 0 N–H and O–H groups in total. The van der Waals surface area contributed by atoms with Gasteiger partial charge in [0.1, 0.15) is 42.4 Å². The van der Waals surface area contributed by atoms with Crippen molar-refractivity contribution in [3.63, 3.8) is 0 Å². The Labute approximate surface area is 222 Å². The van der Waals surface area contributed by atoms with Crippen LogP contribution in [0.15, 0.2) is 72.8 Å². The molecule has 1 aliphatic heterocycles. The van der Waals surface area contributed by atoms with Crippen molar-refractivity contribution < 1.29 is 23.4 Å². The number of piperidine rings is 1. The number of carbonyl (C=O) groups excluding carboxylic acids is 1. The van der Waals surface area contributed by atoms with E-state index in [0.717, 1.165) is 35.4 Å². The Bertz CT molecular complexity index is 1420. The molecule has 0 aliphatic carbocycles. The number of rotatable bonds is 8. The van der Waals surface area contributed by atoms with E-state index in [2.05, 4.69) is 0 Å². The van der Waals surface area contributed by atoms with Crippen molar-refractivity contribution in [2.45, 2.75) is 46.0 Å². The zero-order chi connectivity index (χ0) is 26.5. The van der Waals surface area contributed by atoms with Gasteiger partial charge in [0.2, 0.25) is 5.91 Å². The lowest BCUT2D eigenvalue weighted by Gasteiger charge is -2.31. The minimum atomic E-state index is -0.337. The molecule has 0 radical (unpaired) electrons. The van der Waals surface area contributed by atoms with E-state index in [1.165, 1.54) is 12.1 Å². The summed E-state index contributed by atoms with van der Waals surface area (Å²) in [5, 5.41) is 0.633. The summed E-state index contributed by atoms with van der Waals surface area (Å²) in [6.45, 7) is 5.53. The number of hydrogen-bond donors (Lipinski definition) is 0. The second-order valence-electron chi connectivity index (χ2n) is 9.54. The van der Waals surface area contributed by atoms with Crippen LogP contribution in [0, 0.1) is 12.7 Å². The summed E-state index contributed by atoms with van der Waals surface area (Å²) in [5.41, 5.74) is 3.20. The third-order valence-corrected chi connectivity index (χ3v) is 6.83. The van der Waals surface area contributed by atoms with Crippen molar-refractivity contribution in [2.75, 3.05) is 13.1 Å². The molecule has 0 bridgehead atoms. The van der Waals surface area contributed by atoms with Crippen molar-refractivity contribution in [2.24, 2.45) is 0 Å². The number of pyridine rings is 1. The number of ether oxygens (including phenoxy) is 3. The molecule has 1 saturated heterocycles. The normalized spacial score (nSPS) is 13.9. The Hall–Kier alpha value is -4.13. The number of aromatic nitrogens is 1. The molecule has 4 aromatic rings. The SMILES string of the molecule is CC(=O)N1CCC(Oc2cccc(OCc3nc4ccc(F)cc4c(OCc4ccccc4)c3C)c2)CC1. The van der Waals surface area contributed by atoms with E-state index in [1.807, 2.05) is 66.4 Å². The standard InChI is InChI=1S/C31H31FN2O4/c1-21-30(20-36-26-9-6-10-27(18-26)38-25-13-15-34(16-14-25)22(2)35)33-29-12-11-24(32)17-28(29)31(21)37-19-23-7-4-3-5-8-23/h3-12,17-18,25H,13-16,19-20H2,1-2H3. The van der Waals surface area contributed by atoms with Gasteiger partial charge in [0, 0.05) is 49.9 Å². The maximum atomic E-state index is 14.1. The van der Waals surface area contributed by atoms with Crippen LogP contribution in [0.5, 0.6) is 17.2 Å². The van der Waals surface area contributed by atoms with Crippen LogP contribution in [0.1, 0.15) is 36.6 Å². The molecule has 1 aromatic heterocycles. The van der Waals surface area contributed by atoms with Gasteiger partial charge in [-0.1, -0.05) is 36.4 Å². The molecule has 1 aliphatic rings. The third kappa shape index (κ3) is 6.05. The average Bonchev–Trinajstić information content (AvgIpc) is 2.93. The molecule has 3 aromatic carbocycles. The first-order chi connectivity index (χ1) is 18.5. The first-order valence-electron chi connectivity index (χ1n) is 12.9. The predicted octanol–water partition coefficient (Wildman–Crippen LogP) is 6.23. The van der Waals surface area contributed by atoms with Gasteiger partial charge in [-0.2, -0.15) is 0 Å². The van der Waals surface area contributed by atoms with E-state index in [9.17, 15) is 9.18 Å². The second-order valence-corrected chi connectivity index (χ2v) is 9.54. The third-order valence-electron chi connectivity index (χ3n) is 6.83. The summed E-state index contributed by atoms with van der Waals surface area (Å²) < 4.78 is 32.6. The van der Waals surface area contributed by atoms with Crippen molar-refractivity contribution >= 4 is 16.8 Å². The molecule has 6 nitrogen and oxygen atoms in total. The number of amides is 1. The zero-order valence-electron chi connectivity index (χ0n) is 21.7. The molecule has 38 heavy (non-hydrogen) atoms. The Morgan fingerprint density at radius 1 is 0.947 bits per heavy atom. The van der Waals surface area contributed by atoms with Crippen molar-refractivity contribution in [3.8, 4) is 17.2 Å². The van der Waals surface area contributed by atoms with Gasteiger partial charge in [0.15, 0.2) is 0 Å². The van der Waals surface area contributed by atoms with Gasteiger partial charge in [0.25, 0.3) is 0 Å². The molecule has 0 spiro atoms. The molecule has 1 amide bonds. The molecule has 2 heterocycles. The molecule has 0 saturated carbocycles. The minimum Gasteiger partial charge on any atom is -0.490 e. The number of benzene rings is 3. The summed E-state index contributed by atoms with van der Waals surface area (Å²) >= 11 is 0. The van der Waals surface area contributed by atoms with Gasteiger partial charge in [-0.05, 0) is 42.8 Å². The number of carbonyl (C=O) groups is 1. The molecule has 0 atom stereocenters. The summed E-state index contributed by atoms with van der Waals surface area (Å²) in [7, 11) is 0. The van der Waals surface area contributed by atoms with Crippen molar-refractivity contribution in [3.05, 3.63) is 95.4 Å². The van der Waals surface area contributed by atoms with E-state index in [4.69, 9.17) is 19.2 Å². The largest absolute Gasteiger partial charge is 0.490 e. The molecule has 0 unspecified atom stereocenters. The summed E-state index contributed by atoms with van der Waals surface area (Å²) in [6, 6.07) is 21.9. The molecule has 196 valence electrons. The topological polar surface area (TPSA) is 60.9 Å². The van der Waals surface area contributed by atoms with Crippen LogP contribution in [0.4, 0.5) is 4.39 Å². The number of likely N-dealkylation sites (tertiary alicyclic amines) is 1. The molecular formula is C31H31FN2O4. The number of nitrogens with zero attached hydrogens (tertiary/aromatic N) is 2. The highest BCUT2D eigenvalue weighted by atomic mass is 19.1. The van der Waals surface area contributed by atoms with Crippen molar-refractivity contribution in [1.29, 1.82) is 0 Å². The van der Waals surface area contributed by atoms with Crippen LogP contribution in [0.25, 0.3) is 10.9 Å². The van der Waals surface area contributed by atoms with Gasteiger partial charge in [0.05, 0.1) is 11.2 Å². The monoisotopic (exact) mass is 514 g/mol. The van der Waals surface area contributed by atoms with Crippen LogP contribution in [0.3, 0.4) is 0 Å². The van der Waals surface area contributed by atoms with Gasteiger partial charge in [-0.3, -0.25) is 4.79 Å². The summed E-state index contributed by atoms with van der Waals surface area (Å²) in [5.74, 6) is 1.77.